The number of esters is 1. The molecule has 2 aliphatic heterocycles. The molecule has 142 valence electrons. The van der Waals surface area contributed by atoms with Gasteiger partial charge in [0.1, 0.15) is 24.9 Å². The number of aliphatic carboxylic acids is 1. The van der Waals surface area contributed by atoms with E-state index in [1.165, 1.54) is 7.11 Å². The van der Waals surface area contributed by atoms with Crippen LogP contribution in [0.15, 0.2) is 0 Å². The maximum atomic E-state index is 12.2. The van der Waals surface area contributed by atoms with Crippen molar-refractivity contribution >= 4 is 17.8 Å². The Morgan fingerprint density at radius 3 is 2.48 bits per heavy atom. The number of carbonyl (C=O) groups excluding carboxylic acids is 2. The van der Waals surface area contributed by atoms with Crippen LogP contribution in [0.2, 0.25) is 0 Å². The number of carbonyl (C=O) groups is 3. The molecule has 2 N–H and O–H groups in total. The molecular weight excluding hydrogens is 334 g/mol. The monoisotopic (exact) mass is 359 g/mol. The molecule has 1 amide bonds. The van der Waals surface area contributed by atoms with E-state index < -0.39 is 23.5 Å². The Bertz CT molecular complexity index is 520. The molecule has 2 heterocycles. The number of hydrogen-bond acceptors (Lipinski definition) is 7. The van der Waals surface area contributed by atoms with Crippen LogP contribution in [0.4, 0.5) is 0 Å². The molecule has 0 aliphatic carbocycles. The van der Waals surface area contributed by atoms with Gasteiger partial charge in [-0.1, -0.05) is 13.8 Å². The molecule has 4 unspecified atom stereocenters. The summed E-state index contributed by atoms with van der Waals surface area (Å²) in [5.74, 6) is -1.67. The number of nitrogens with one attached hydrogen (secondary N) is 1. The summed E-state index contributed by atoms with van der Waals surface area (Å²) >= 11 is 0. The van der Waals surface area contributed by atoms with Crippen LogP contribution < -0.4 is 5.32 Å². The van der Waals surface area contributed by atoms with Gasteiger partial charge >= 0.3 is 11.9 Å². The van der Waals surface area contributed by atoms with E-state index >= 15 is 0 Å². The van der Waals surface area contributed by atoms with Crippen LogP contribution in [0.5, 0.6) is 0 Å². The molecule has 0 radical (unpaired) electrons. The van der Waals surface area contributed by atoms with Gasteiger partial charge in [0.05, 0.1) is 32.8 Å². The Morgan fingerprint density at radius 1 is 1.16 bits per heavy atom. The zero-order valence-electron chi connectivity index (χ0n) is 14.6. The topological polar surface area (TPSA) is 120 Å². The first-order valence-corrected chi connectivity index (χ1v) is 8.14. The molecule has 0 aromatic carbocycles. The lowest BCUT2D eigenvalue weighted by molar-refractivity contribution is -0.150. The van der Waals surface area contributed by atoms with E-state index in [0.717, 1.165) is 0 Å². The first-order chi connectivity index (χ1) is 11.7. The van der Waals surface area contributed by atoms with Crippen LogP contribution in [-0.4, -0.2) is 74.2 Å². The highest BCUT2D eigenvalue weighted by Crippen LogP contribution is 2.30. The zero-order valence-corrected chi connectivity index (χ0v) is 14.6. The predicted molar refractivity (Wildman–Crippen MR) is 83.8 cm³/mol. The SMILES string of the molecule is COC(=O)COC1COC2C(NC(=O)CC(C)(C)CC(=O)O)COC12. The number of carboxylic acid groups (broad SMARTS) is 1. The van der Waals surface area contributed by atoms with Crippen molar-refractivity contribution < 1.29 is 38.4 Å². The summed E-state index contributed by atoms with van der Waals surface area (Å²) in [5.41, 5.74) is -0.641. The third kappa shape index (κ3) is 5.38. The Morgan fingerprint density at radius 2 is 1.84 bits per heavy atom. The number of methoxy groups -OCH3 is 1. The van der Waals surface area contributed by atoms with Gasteiger partial charge in [0.2, 0.25) is 5.91 Å². The second-order valence-corrected chi connectivity index (χ2v) is 7.11. The minimum absolute atomic E-state index is 0.0897. The minimum Gasteiger partial charge on any atom is -0.481 e. The van der Waals surface area contributed by atoms with E-state index in [2.05, 4.69) is 10.1 Å². The highest BCUT2D eigenvalue weighted by molar-refractivity contribution is 5.78. The number of fused-ring (bicyclic) bond motifs is 1. The molecular formula is C16H25NO8. The van der Waals surface area contributed by atoms with Crippen molar-refractivity contribution in [2.45, 2.75) is 51.0 Å². The highest BCUT2D eigenvalue weighted by atomic mass is 16.6. The molecule has 2 rings (SSSR count). The van der Waals surface area contributed by atoms with Gasteiger partial charge in [-0.25, -0.2) is 4.79 Å². The number of rotatable bonds is 8. The summed E-state index contributed by atoms with van der Waals surface area (Å²) in [6.45, 7) is 3.83. The van der Waals surface area contributed by atoms with Crippen LogP contribution >= 0.6 is 0 Å². The smallest absolute Gasteiger partial charge is 0.331 e. The predicted octanol–water partition coefficient (Wildman–Crippen LogP) is -0.282. The quantitative estimate of drug-likeness (QED) is 0.568. The molecule has 4 atom stereocenters. The van der Waals surface area contributed by atoms with E-state index in [4.69, 9.17) is 19.3 Å². The summed E-state index contributed by atoms with van der Waals surface area (Å²) < 4.78 is 21.3. The van der Waals surface area contributed by atoms with Crippen molar-refractivity contribution in [1.29, 1.82) is 0 Å². The van der Waals surface area contributed by atoms with Gasteiger partial charge in [0.15, 0.2) is 0 Å². The van der Waals surface area contributed by atoms with Crippen LogP contribution in [0.3, 0.4) is 0 Å². The number of amides is 1. The lowest BCUT2D eigenvalue weighted by Crippen LogP contribution is -2.45. The fourth-order valence-electron chi connectivity index (χ4n) is 3.13. The summed E-state index contributed by atoms with van der Waals surface area (Å²) in [6, 6.07) is -0.329. The summed E-state index contributed by atoms with van der Waals surface area (Å²) in [5, 5.41) is 11.7. The summed E-state index contributed by atoms with van der Waals surface area (Å²) in [6.07, 6.45) is -1.10. The average molecular weight is 359 g/mol. The van der Waals surface area contributed by atoms with E-state index in [1.807, 2.05) is 0 Å². The molecule has 9 nitrogen and oxygen atoms in total. The molecule has 2 aliphatic rings. The van der Waals surface area contributed by atoms with Crippen LogP contribution in [-0.2, 0) is 33.3 Å². The maximum Gasteiger partial charge on any atom is 0.331 e. The van der Waals surface area contributed by atoms with E-state index in [0.29, 0.717) is 0 Å². The molecule has 0 aromatic heterocycles. The Labute approximate surface area is 145 Å². The Balaban J connectivity index is 1.82. The molecule has 2 saturated heterocycles. The average Bonchev–Trinajstić information content (AvgIpc) is 3.06. The van der Waals surface area contributed by atoms with Crippen molar-refractivity contribution in [3.8, 4) is 0 Å². The van der Waals surface area contributed by atoms with E-state index in [1.54, 1.807) is 13.8 Å². The summed E-state index contributed by atoms with van der Waals surface area (Å²) in [4.78, 5) is 34.2. The normalized spacial score (nSPS) is 28.4. The van der Waals surface area contributed by atoms with Gasteiger partial charge in [-0.3, -0.25) is 9.59 Å². The largest absolute Gasteiger partial charge is 0.481 e. The minimum atomic E-state index is -0.938. The lowest BCUT2D eigenvalue weighted by atomic mass is 9.85. The molecule has 9 heteroatoms. The molecule has 0 spiro atoms. The van der Waals surface area contributed by atoms with Gasteiger partial charge in [-0.15, -0.1) is 0 Å². The van der Waals surface area contributed by atoms with Crippen molar-refractivity contribution in [3.63, 3.8) is 0 Å². The third-order valence-corrected chi connectivity index (χ3v) is 4.27. The van der Waals surface area contributed by atoms with Crippen LogP contribution in [0.25, 0.3) is 0 Å². The van der Waals surface area contributed by atoms with Crippen molar-refractivity contribution in [2.24, 2.45) is 5.41 Å². The molecule has 0 aromatic rings. The van der Waals surface area contributed by atoms with Crippen molar-refractivity contribution in [3.05, 3.63) is 0 Å². The maximum absolute atomic E-state index is 12.2. The van der Waals surface area contributed by atoms with E-state index in [9.17, 15) is 14.4 Å². The molecule has 25 heavy (non-hydrogen) atoms. The lowest BCUT2D eigenvalue weighted by Gasteiger charge is -2.24. The fourth-order valence-corrected chi connectivity index (χ4v) is 3.13. The van der Waals surface area contributed by atoms with Crippen LogP contribution in [0, 0.1) is 5.41 Å². The Hall–Kier alpha value is -1.71. The zero-order chi connectivity index (χ0) is 18.6. The van der Waals surface area contributed by atoms with Gasteiger partial charge < -0.3 is 29.4 Å². The molecule has 2 fully saturated rings. The number of hydrogen-bond donors (Lipinski definition) is 2. The Kier molecular flexibility index (Phi) is 6.36. The van der Waals surface area contributed by atoms with Crippen LogP contribution in [0.1, 0.15) is 26.7 Å². The van der Waals surface area contributed by atoms with Gasteiger partial charge in [0.25, 0.3) is 0 Å². The number of carboxylic acids is 1. The van der Waals surface area contributed by atoms with E-state index in [-0.39, 0.29) is 56.8 Å². The first kappa shape index (κ1) is 19.6. The van der Waals surface area contributed by atoms with Gasteiger partial charge in [-0.2, -0.15) is 0 Å². The van der Waals surface area contributed by atoms with Gasteiger partial charge in [0, 0.05) is 6.42 Å². The molecule has 0 saturated carbocycles. The second-order valence-electron chi connectivity index (χ2n) is 7.11. The first-order valence-electron chi connectivity index (χ1n) is 8.14. The highest BCUT2D eigenvalue weighted by Gasteiger charge is 2.49. The number of ether oxygens (including phenoxy) is 4. The van der Waals surface area contributed by atoms with Gasteiger partial charge in [-0.05, 0) is 5.41 Å². The fraction of sp³-hybridized carbons (Fsp3) is 0.812. The van der Waals surface area contributed by atoms with Crippen molar-refractivity contribution in [2.75, 3.05) is 26.9 Å². The van der Waals surface area contributed by atoms with Crippen molar-refractivity contribution in [1.82, 2.24) is 5.32 Å². The summed E-state index contributed by atoms with van der Waals surface area (Å²) in [7, 11) is 1.28. The standard InChI is InChI=1S/C16H25NO8/c1-16(2,5-12(19)20)4-11(18)17-9-6-24-15-10(7-25-14(9)15)23-8-13(21)22-3/h9-10,14-15H,4-8H2,1-3H3,(H,17,18)(H,19,20). The second kappa shape index (κ2) is 8.11. The third-order valence-electron chi connectivity index (χ3n) is 4.27. The molecule has 0 bridgehead atoms.